The first kappa shape index (κ1) is 10.2. The molecule has 2 aliphatic rings. The van der Waals surface area contributed by atoms with Gasteiger partial charge in [0.1, 0.15) is 5.82 Å². The van der Waals surface area contributed by atoms with Gasteiger partial charge in [0.2, 0.25) is 0 Å². The van der Waals surface area contributed by atoms with E-state index in [0.29, 0.717) is 5.92 Å². The first-order valence-electron chi connectivity index (χ1n) is 5.89. The highest BCUT2D eigenvalue weighted by Crippen LogP contribution is 2.42. The molecular weight excluding hydrogens is 205 g/mol. The zero-order valence-corrected chi connectivity index (χ0v) is 9.19. The molecular formula is C13H16FNO. The Morgan fingerprint density at radius 2 is 2.00 bits per heavy atom. The summed E-state index contributed by atoms with van der Waals surface area (Å²) in [6.45, 7) is 3.02. The number of rotatable bonds is 1. The molecule has 1 aromatic carbocycles. The lowest BCUT2D eigenvalue weighted by molar-refractivity contribution is -0.0502. The molecule has 0 saturated carbocycles. The van der Waals surface area contributed by atoms with E-state index in [4.69, 9.17) is 0 Å². The molecule has 3 unspecified atom stereocenters. The quantitative estimate of drug-likeness (QED) is 0.780. The van der Waals surface area contributed by atoms with Gasteiger partial charge in [0.05, 0.1) is 5.60 Å². The van der Waals surface area contributed by atoms with Crippen molar-refractivity contribution in [3.8, 4) is 0 Å². The van der Waals surface area contributed by atoms with Crippen LogP contribution in [0, 0.1) is 11.7 Å². The molecule has 3 rings (SSSR count). The fourth-order valence-electron chi connectivity index (χ4n) is 3.08. The second kappa shape index (κ2) is 3.54. The number of piperidine rings is 1. The number of fused-ring (bicyclic) bond motifs is 2. The van der Waals surface area contributed by atoms with Gasteiger partial charge in [0.25, 0.3) is 0 Å². The largest absolute Gasteiger partial charge is 0.385 e. The van der Waals surface area contributed by atoms with Crippen LogP contribution in [0.2, 0.25) is 0 Å². The molecule has 0 radical (unpaired) electrons. The Balaban J connectivity index is 1.94. The van der Waals surface area contributed by atoms with Crippen molar-refractivity contribution in [3.63, 3.8) is 0 Å². The van der Waals surface area contributed by atoms with Crippen molar-refractivity contribution < 1.29 is 9.50 Å². The molecule has 3 heteroatoms. The molecule has 3 atom stereocenters. The van der Waals surface area contributed by atoms with Crippen LogP contribution in [0.3, 0.4) is 0 Å². The number of hydrogen-bond acceptors (Lipinski definition) is 2. The van der Waals surface area contributed by atoms with Gasteiger partial charge in [-0.05, 0) is 37.1 Å². The molecule has 16 heavy (non-hydrogen) atoms. The second-order valence-corrected chi connectivity index (χ2v) is 4.97. The average molecular weight is 221 g/mol. The lowest BCUT2D eigenvalue weighted by Crippen LogP contribution is -2.44. The summed E-state index contributed by atoms with van der Waals surface area (Å²) in [7, 11) is 0. The van der Waals surface area contributed by atoms with E-state index < -0.39 is 5.60 Å². The minimum Gasteiger partial charge on any atom is -0.385 e. The van der Waals surface area contributed by atoms with E-state index in [9.17, 15) is 9.50 Å². The summed E-state index contributed by atoms with van der Waals surface area (Å²) in [6.07, 6.45) is 1.82. The zero-order valence-electron chi connectivity index (χ0n) is 9.19. The Kier molecular flexibility index (Phi) is 2.26. The van der Waals surface area contributed by atoms with Crippen molar-refractivity contribution in [2.75, 3.05) is 19.6 Å². The van der Waals surface area contributed by atoms with Crippen LogP contribution < -0.4 is 0 Å². The van der Waals surface area contributed by atoms with Gasteiger partial charge >= 0.3 is 0 Å². The fraction of sp³-hybridized carbons (Fsp3) is 0.538. The summed E-state index contributed by atoms with van der Waals surface area (Å²) in [5.74, 6) is 0.0721. The Bertz CT molecular complexity index is 391. The Morgan fingerprint density at radius 1 is 1.25 bits per heavy atom. The van der Waals surface area contributed by atoms with Crippen LogP contribution in [0.1, 0.15) is 18.4 Å². The first-order valence-corrected chi connectivity index (χ1v) is 5.89. The van der Waals surface area contributed by atoms with Gasteiger partial charge in [-0.15, -0.1) is 0 Å². The van der Waals surface area contributed by atoms with E-state index in [2.05, 4.69) is 4.90 Å². The molecule has 2 bridgehead atoms. The van der Waals surface area contributed by atoms with Crippen LogP contribution in [-0.2, 0) is 5.60 Å². The summed E-state index contributed by atoms with van der Waals surface area (Å²) in [5, 5.41) is 10.8. The van der Waals surface area contributed by atoms with E-state index in [1.807, 2.05) is 0 Å². The van der Waals surface area contributed by atoms with Gasteiger partial charge < -0.3 is 10.0 Å². The van der Waals surface area contributed by atoms with Gasteiger partial charge in [-0.25, -0.2) is 4.39 Å². The number of aliphatic hydroxyl groups is 1. The summed E-state index contributed by atoms with van der Waals surface area (Å²) < 4.78 is 12.9. The van der Waals surface area contributed by atoms with E-state index in [1.54, 1.807) is 12.1 Å². The Labute approximate surface area is 94.7 Å². The SMILES string of the molecule is OC1(c2ccc(F)cc2)CCN2CCC1C2. The molecule has 1 N–H and O–H groups in total. The molecule has 0 aromatic heterocycles. The van der Waals surface area contributed by atoms with Crippen LogP contribution in [0.15, 0.2) is 24.3 Å². The first-order chi connectivity index (χ1) is 7.68. The van der Waals surface area contributed by atoms with Crippen molar-refractivity contribution in [2.24, 2.45) is 5.92 Å². The Morgan fingerprint density at radius 3 is 2.75 bits per heavy atom. The molecule has 2 fully saturated rings. The predicted molar refractivity (Wildman–Crippen MR) is 59.5 cm³/mol. The van der Waals surface area contributed by atoms with Crippen molar-refractivity contribution in [1.29, 1.82) is 0 Å². The van der Waals surface area contributed by atoms with E-state index in [-0.39, 0.29) is 5.82 Å². The molecule has 1 aromatic rings. The van der Waals surface area contributed by atoms with Crippen LogP contribution >= 0.6 is 0 Å². The van der Waals surface area contributed by atoms with Crippen molar-refractivity contribution >= 4 is 0 Å². The summed E-state index contributed by atoms with van der Waals surface area (Å²) in [4.78, 5) is 2.39. The maximum Gasteiger partial charge on any atom is 0.123 e. The normalized spacial score (nSPS) is 37.6. The van der Waals surface area contributed by atoms with Gasteiger partial charge in [-0.3, -0.25) is 0 Å². The highest BCUT2D eigenvalue weighted by Gasteiger charge is 2.45. The predicted octanol–water partition coefficient (Wildman–Crippen LogP) is 1.74. The van der Waals surface area contributed by atoms with Gasteiger partial charge in [0.15, 0.2) is 0 Å². The molecule has 86 valence electrons. The van der Waals surface area contributed by atoms with E-state index in [0.717, 1.165) is 38.0 Å². The van der Waals surface area contributed by atoms with E-state index >= 15 is 0 Å². The Hall–Kier alpha value is -0.930. The number of halogens is 1. The van der Waals surface area contributed by atoms with Crippen LogP contribution in [0.25, 0.3) is 0 Å². The molecule has 2 heterocycles. The monoisotopic (exact) mass is 221 g/mol. The van der Waals surface area contributed by atoms with Crippen molar-refractivity contribution in [3.05, 3.63) is 35.6 Å². The zero-order chi connectivity index (χ0) is 11.2. The minimum absolute atomic E-state index is 0.240. The molecule has 2 aliphatic heterocycles. The lowest BCUT2D eigenvalue weighted by Gasteiger charge is -2.39. The smallest absolute Gasteiger partial charge is 0.123 e. The van der Waals surface area contributed by atoms with Crippen LogP contribution in [0.4, 0.5) is 4.39 Å². The molecule has 2 saturated heterocycles. The fourth-order valence-corrected chi connectivity index (χ4v) is 3.08. The topological polar surface area (TPSA) is 23.5 Å². The molecule has 0 amide bonds. The summed E-state index contributed by atoms with van der Waals surface area (Å²) >= 11 is 0. The highest BCUT2D eigenvalue weighted by atomic mass is 19.1. The number of nitrogens with zero attached hydrogens (tertiary/aromatic N) is 1. The molecule has 2 nitrogen and oxygen atoms in total. The molecule has 0 aliphatic carbocycles. The van der Waals surface area contributed by atoms with E-state index in [1.165, 1.54) is 12.1 Å². The van der Waals surface area contributed by atoms with Crippen molar-refractivity contribution in [2.45, 2.75) is 18.4 Å². The number of hydrogen-bond donors (Lipinski definition) is 1. The average Bonchev–Trinajstić information content (AvgIpc) is 2.70. The van der Waals surface area contributed by atoms with Crippen molar-refractivity contribution in [1.82, 2.24) is 4.90 Å². The summed E-state index contributed by atoms with van der Waals surface area (Å²) in [6, 6.07) is 6.33. The maximum absolute atomic E-state index is 12.9. The number of benzene rings is 1. The third-order valence-corrected chi connectivity index (χ3v) is 4.10. The molecule has 0 spiro atoms. The summed E-state index contributed by atoms with van der Waals surface area (Å²) in [5.41, 5.74) is 0.140. The maximum atomic E-state index is 12.9. The van der Waals surface area contributed by atoms with Crippen LogP contribution in [-0.4, -0.2) is 29.6 Å². The van der Waals surface area contributed by atoms with Gasteiger partial charge in [-0.1, -0.05) is 12.1 Å². The second-order valence-electron chi connectivity index (χ2n) is 4.97. The minimum atomic E-state index is -0.735. The highest BCUT2D eigenvalue weighted by molar-refractivity contribution is 5.25. The van der Waals surface area contributed by atoms with Crippen LogP contribution in [0.5, 0.6) is 0 Å². The van der Waals surface area contributed by atoms with Gasteiger partial charge in [-0.2, -0.15) is 0 Å². The standard InChI is InChI=1S/C13H16FNO/c14-12-3-1-10(2-4-12)13(16)6-8-15-7-5-11(13)9-15/h1-4,11,16H,5-9H2. The third kappa shape index (κ3) is 1.46. The third-order valence-electron chi connectivity index (χ3n) is 4.10. The lowest BCUT2D eigenvalue weighted by atomic mass is 9.77. The van der Waals surface area contributed by atoms with Gasteiger partial charge in [0, 0.05) is 19.0 Å².